The SMILES string of the molecule is CC(O)CCc1ccc(C(=O)OCCOc2ccccc2)cc1. The first-order valence-electron chi connectivity index (χ1n) is 7.77. The van der Waals surface area contributed by atoms with Crippen molar-refractivity contribution >= 4 is 5.97 Å². The summed E-state index contributed by atoms with van der Waals surface area (Å²) in [6, 6.07) is 16.7. The summed E-state index contributed by atoms with van der Waals surface area (Å²) in [7, 11) is 0. The van der Waals surface area contributed by atoms with Gasteiger partial charge in [0.2, 0.25) is 0 Å². The number of aliphatic hydroxyl groups is 1. The summed E-state index contributed by atoms with van der Waals surface area (Å²) < 4.78 is 10.6. The molecule has 0 aromatic heterocycles. The Balaban J connectivity index is 1.72. The van der Waals surface area contributed by atoms with Crippen LogP contribution >= 0.6 is 0 Å². The Morgan fingerprint density at radius 3 is 2.39 bits per heavy atom. The van der Waals surface area contributed by atoms with Crippen molar-refractivity contribution in [2.24, 2.45) is 0 Å². The second kappa shape index (κ2) is 8.96. The van der Waals surface area contributed by atoms with Crippen molar-refractivity contribution in [3.05, 3.63) is 65.7 Å². The van der Waals surface area contributed by atoms with E-state index in [9.17, 15) is 9.90 Å². The molecular weight excluding hydrogens is 292 g/mol. The minimum absolute atomic E-state index is 0.206. The quantitative estimate of drug-likeness (QED) is 0.600. The first kappa shape index (κ1) is 17.0. The summed E-state index contributed by atoms with van der Waals surface area (Å²) in [6.45, 7) is 2.29. The van der Waals surface area contributed by atoms with Crippen LogP contribution in [0.2, 0.25) is 0 Å². The topological polar surface area (TPSA) is 55.8 Å². The Morgan fingerprint density at radius 2 is 1.74 bits per heavy atom. The van der Waals surface area contributed by atoms with E-state index in [1.54, 1.807) is 19.1 Å². The molecule has 2 aromatic carbocycles. The van der Waals surface area contributed by atoms with E-state index >= 15 is 0 Å². The summed E-state index contributed by atoms with van der Waals surface area (Å²) in [5.41, 5.74) is 1.61. The minimum atomic E-state index is -0.358. The molecule has 1 atom stereocenters. The molecule has 0 amide bonds. The van der Waals surface area contributed by atoms with Gasteiger partial charge in [-0.2, -0.15) is 0 Å². The Bertz CT molecular complexity index is 591. The van der Waals surface area contributed by atoms with Crippen molar-refractivity contribution in [2.45, 2.75) is 25.9 Å². The number of esters is 1. The van der Waals surface area contributed by atoms with Gasteiger partial charge in [-0.3, -0.25) is 0 Å². The zero-order valence-corrected chi connectivity index (χ0v) is 13.3. The third-order valence-electron chi connectivity index (χ3n) is 3.37. The lowest BCUT2D eigenvalue weighted by Crippen LogP contribution is -2.12. The summed E-state index contributed by atoms with van der Waals surface area (Å²) in [5, 5.41) is 9.27. The molecule has 1 N–H and O–H groups in total. The zero-order chi connectivity index (χ0) is 16.5. The standard InChI is InChI=1S/C19H22O4/c1-15(20)7-8-16-9-11-17(12-10-16)19(21)23-14-13-22-18-5-3-2-4-6-18/h2-6,9-12,15,20H,7-8,13-14H2,1H3. The van der Waals surface area contributed by atoms with Crippen LogP contribution in [0.3, 0.4) is 0 Å². The second-order valence-corrected chi connectivity index (χ2v) is 5.38. The van der Waals surface area contributed by atoms with E-state index in [1.807, 2.05) is 42.5 Å². The molecule has 2 aromatic rings. The van der Waals surface area contributed by atoms with Crippen molar-refractivity contribution in [3.63, 3.8) is 0 Å². The molecule has 0 saturated carbocycles. The Labute approximate surface area is 136 Å². The predicted octanol–water partition coefficient (Wildman–Crippen LogP) is 3.24. The molecule has 4 heteroatoms. The number of hydrogen-bond donors (Lipinski definition) is 1. The Hall–Kier alpha value is -2.33. The molecule has 0 aliphatic carbocycles. The lowest BCUT2D eigenvalue weighted by molar-refractivity contribution is 0.0450. The summed E-state index contributed by atoms with van der Waals surface area (Å²) >= 11 is 0. The van der Waals surface area contributed by atoms with E-state index in [1.165, 1.54) is 0 Å². The van der Waals surface area contributed by atoms with Gasteiger partial charge in [0.1, 0.15) is 19.0 Å². The number of ether oxygens (including phenoxy) is 2. The molecule has 2 rings (SSSR count). The van der Waals surface area contributed by atoms with Gasteiger partial charge in [0.15, 0.2) is 0 Å². The largest absolute Gasteiger partial charge is 0.490 e. The van der Waals surface area contributed by atoms with Crippen LogP contribution in [0.1, 0.15) is 29.3 Å². The van der Waals surface area contributed by atoms with E-state index in [2.05, 4.69) is 0 Å². The maximum Gasteiger partial charge on any atom is 0.338 e. The summed E-state index contributed by atoms with van der Waals surface area (Å²) in [5.74, 6) is 0.398. The lowest BCUT2D eigenvalue weighted by Gasteiger charge is -2.08. The van der Waals surface area contributed by atoms with Crippen LogP contribution in [0.15, 0.2) is 54.6 Å². The van der Waals surface area contributed by atoms with Crippen molar-refractivity contribution < 1.29 is 19.4 Å². The van der Waals surface area contributed by atoms with Crippen LogP contribution < -0.4 is 4.74 Å². The minimum Gasteiger partial charge on any atom is -0.490 e. The third-order valence-corrected chi connectivity index (χ3v) is 3.37. The van der Waals surface area contributed by atoms with Crippen LogP contribution in [-0.2, 0) is 11.2 Å². The van der Waals surface area contributed by atoms with Crippen LogP contribution in [0.4, 0.5) is 0 Å². The van der Waals surface area contributed by atoms with Gasteiger partial charge in [0.05, 0.1) is 11.7 Å². The monoisotopic (exact) mass is 314 g/mol. The molecule has 0 heterocycles. The first-order valence-corrected chi connectivity index (χ1v) is 7.77. The summed E-state index contributed by atoms with van der Waals surface area (Å²) in [4.78, 5) is 11.9. The number of aryl methyl sites for hydroxylation is 1. The van der Waals surface area contributed by atoms with Gasteiger partial charge >= 0.3 is 5.97 Å². The highest BCUT2D eigenvalue weighted by atomic mass is 16.6. The van der Waals surface area contributed by atoms with Gasteiger partial charge in [-0.15, -0.1) is 0 Å². The van der Waals surface area contributed by atoms with E-state index in [0.717, 1.165) is 17.7 Å². The normalized spacial score (nSPS) is 11.7. The fourth-order valence-electron chi connectivity index (χ4n) is 2.08. The van der Waals surface area contributed by atoms with Crippen molar-refractivity contribution in [1.82, 2.24) is 0 Å². The molecule has 0 aliphatic heterocycles. The van der Waals surface area contributed by atoms with Gasteiger partial charge in [-0.05, 0) is 49.6 Å². The number of para-hydroxylation sites is 1. The highest BCUT2D eigenvalue weighted by Crippen LogP contribution is 2.10. The third kappa shape index (κ3) is 6.12. The van der Waals surface area contributed by atoms with Gasteiger partial charge in [-0.25, -0.2) is 4.79 Å². The number of benzene rings is 2. The molecule has 0 fully saturated rings. The van der Waals surface area contributed by atoms with Crippen molar-refractivity contribution in [3.8, 4) is 5.75 Å². The number of aliphatic hydroxyl groups excluding tert-OH is 1. The molecule has 1 unspecified atom stereocenters. The van der Waals surface area contributed by atoms with Crippen molar-refractivity contribution in [1.29, 1.82) is 0 Å². The number of rotatable bonds is 8. The van der Waals surface area contributed by atoms with Crippen LogP contribution in [0.5, 0.6) is 5.75 Å². The fourth-order valence-corrected chi connectivity index (χ4v) is 2.08. The highest BCUT2D eigenvalue weighted by Gasteiger charge is 2.07. The molecule has 0 bridgehead atoms. The maximum absolute atomic E-state index is 11.9. The smallest absolute Gasteiger partial charge is 0.338 e. The van der Waals surface area contributed by atoms with E-state index in [0.29, 0.717) is 18.6 Å². The van der Waals surface area contributed by atoms with Crippen molar-refractivity contribution in [2.75, 3.05) is 13.2 Å². The van der Waals surface area contributed by atoms with Crippen LogP contribution in [0, 0.1) is 0 Å². The molecule has 0 saturated heterocycles. The van der Waals surface area contributed by atoms with Gasteiger partial charge in [0.25, 0.3) is 0 Å². The molecule has 122 valence electrons. The van der Waals surface area contributed by atoms with Crippen LogP contribution in [-0.4, -0.2) is 30.4 Å². The number of carbonyl (C=O) groups is 1. The summed E-state index contributed by atoms with van der Waals surface area (Å²) in [6.07, 6.45) is 1.18. The molecule has 0 radical (unpaired) electrons. The maximum atomic E-state index is 11.9. The number of carbonyl (C=O) groups excluding carboxylic acids is 1. The molecule has 0 aliphatic rings. The molecule has 0 spiro atoms. The number of hydrogen-bond acceptors (Lipinski definition) is 4. The Morgan fingerprint density at radius 1 is 1.04 bits per heavy atom. The van der Waals surface area contributed by atoms with Gasteiger partial charge < -0.3 is 14.6 Å². The van der Waals surface area contributed by atoms with Crippen LogP contribution in [0.25, 0.3) is 0 Å². The van der Waals surface area contributed by atoms with E-state index in [4.69, 9.17) is 9.47 Å². The highest BCUT2D eigenvalue weighted by molar-refractivity contribution is 5.89. The van der Waals surface area contributed by atoms with Gasteiger partial charge in [0, 0.05) is 0 Å². The molecular formula is C19H22O4. The average molecular weight is 314 g/mol. The second-order valence-electron chi connectivity index (χ2n) is 5.38. The first-order chi connectivity index (χ1) is 11.1. The average Bonchev–Trinajstić information content (AvgIpc) is 2.58. The fraction of sp³-hybridized carbons (Fsp3) is 0.316. The van der Waals surface area contributed by atoms with E-state index < -0.39 is 0 Å². The molecule has 4 nitrogen and oxygen atoms in total. The van der Waals surface area contributed by atoms with Gasteiger partial charge in [-0.1, -0.05) is 30.3 Å². The Kier molecular flexibility index (Phi) is 6.63. The zero-order valence-electron chi connectivity index (χ0n) is 13.3. The predicted molar refractivity (Wildman–Crippen MR) is 88.7 cm³/mol. The lowest BCUT2D eigenvalue weighted by atomic mass is 10.1. The molecule has 23 heavy (non-hydrogen) atoms. The van der Waals surface area contributed by atoms with E-state index in [-0.39, 0.29) is 18.7 Å².